The second-order valence-corrected chi connectivity index (χ2v) is 2.90. The van der Waals surface area contributed by atoms with Crippen LogP contribution >= 0.6 is 11.6 Å². The van der Waals surface area contributed by atoms with Gasteiger partial charge in [0.2, 0.25) is 0 Å². The molecule has 0 aromatic heterocycles. The third-order valence-corrected chi connectivity index (χ3v) is 2.07. The number of allylic oxidation sites excluding steroid dienone is 5. The quantitative estimate of drug-likeness (QED) is 0.533. The molecule has 0 bridgehead atoms. The van der Waals surface area contributed by atoms with Gasteiger partial charge in [0.15, 0.2) is 0 Å². The fraction of sp³-hybridized carbons (Fsp3) is 0.111. The van der Waals surface area contributed by atoms with Crippen molar-refractivity contribution in [1.29, 1.82) is 0 Å². The van der Waals surface area contributed by atoms with Crippen molar-refractivity contribution >= 4 is 11.6 Å². The van der Waals surface area contributed by atoms with Crippen molar-refractivity contribution in [3.63, 3.8) is 0 Å². The summed E-state index contributed by atoms with van der Waals surface area (Å²) >= 11 is 5.96. The summed E-state index contributed by atoms with van der Waals surface area (Å²) in [6.45, 7) is 0.923. The van der Waals surface area contributed by atoms with Crippen LogP contribution in [0.5, 0.6) is 0 Å². The Kier molecular flexibility index (Phi) is 1.59. The van der Waals surface area contributed by atoms with Crippen LogP contribution in [0.15, 0.2) is 47.3 Å². The molecule has 0 saturated carbocycles. The zero-order valence-corrected chi connectivity index (χ0v) is 6.75. The smallest absolute Gasteiger partial charge is 0.0640 e. The average Bonchev–Trinajstić information content (AvgIpc) is 2.06. The molecular weight excluding hydrogens is 158 g/mol. The zero-order chi connectivity index (χ0) is 7.68. The van der Waals surface area contributed by atoms with Crippen LogP contribution in [-0.2, 0) is 0 Å². The predicted octanol–water partition coefficient (Wildman–Crippen LogP) is 2.39. The summed E-state index contributed by atoms with van der Waals surface area (Å²) in [7, 11) is 0. The van der Waals surface area contributed by atoms with Gasteiger partial charge >= 0.3 is 0 Å². The Morgan fingerprint density at radius 3 is 3.00 bits per heavy atom. The molecular formula is C9H8ClN. The van der Waals surface area contributed by atoms with Gasteiger partial charge in [0, 0.05) is 12.7 Å². The van der Waals surface area contributed by atoms with Crippen LogP contribution in [0.25, 0.3) is 0 Å². The first-order valence-corrected chi connectivity index (χ1v) is 3.93. The minimum atomic E-state index is 0.817. The highest BCUT2D eigenvalue weighted by Gasteiger charge is 2.11. The number of halogens is 1. The van der Waals surface area contributed by atoms with Crippen LogP contribution in [0.2, 0.25) is 0 Å². The molecule has 0 N–H and O–H groups in total. The maximum Gasteiger partial charge on any atom is 0.0640 e. The highest BCUT2D eigenvalue weighted by atomic mass is 35.5. The number of nitrogens with zero attached hydrogens (tertiary/aromatic N) is 1. The SMILES string of the molecule is ClC1=C2C=CC=CN2CC=C1. The molecule has 2 heterocycles. The molecule has 0 aliphatic carbocycles. The van der Waals surface area contributed by atoms with E-state index in [0.29, 0.717) is 0 Å². The largest absolute Gasteiger partial charge is 0.343 e. The second kappa shape index (κ2) is 2.59. The molecule has 2 heteroatoms. The van der Waals surface area contributed by atoms with Crippen LogP contribution in [-0.4, -0.2) is 11.4 Å². The molecule has 0 unspecified atom stereocenters. The van der Waals surface area contributed by atoms with E-state index in [1.165, 1.54) is 0 Å². The Morgan fingerprint density at radius 1 is 1.27 bits per heavy atom. The van der Waals surface area contributed by atoms with Gasteiger partial charge in [0.1, 0.15) is 0 Å². The predicted molar refractivity (Wildman–Crippen MR) is 47.0 cm³/mol. The van der Waals surface area contributed by atoms with Gasteiger partial charge in [-0.25, -0.2) is 0 Å². The number of hydrogen-bond acceptors (Lipinski definition) is 1. The van der Waals surface area contributed by atoms with Crippen molar-refractivity contribution in [3.8, 4) is 0 Å². The van der Waals surface area contributed by atoms with Crippen LogP contribution in [0.4, 0.5) is 0 Å². The highest BCUT2D eigenvalue weighted by molar-refractivity contribution is 6.31. The monoisotopic (exact) mass is 165 g/mol. The third kappa shape index (κ3) is 1.12. The average molecular weight is 166 g/mol. The van der Waals surface area contributed by atoms with Crippen LogP contribution in [0.3, 0.4) is 0 Å². The first-order chi connectivity index (χ1) is 5.38. The van der Waals surface area contributed by atoms with Gasteiger partial charge in [0.25, 0.3) is 0 Å². The molecule has 2 aliphatic heterocycles. The molecule has 56 valence electrons. The molecule has 2 rings (SSSR count). The van der Waals surface area contributed by atoms with Crippen molar-refractivity contribution in [2.75, 3.05) is 6.54 Å². The molecule has 0 aromatic carbocycles. The molecule has 0 atom stereocenters. The Bertz CT molecular complexity index is 284. The summed E-state index contributed by atoms with van der Waals surface area (Å²) in [4.78, 5) is 2.11. The standard InChI is InChI=1S/C9H8ClN/c10-8-4-3-7-11-6-2-1-5-9(8)11/h1-6H,7H2. The van der Waals surface area contributed by atoms with Gasteiger partial charge in [-0.3, -0.25) is 0 Å². The third-order valence-electron chi connectivity index (χ3n) is 1.75. The van der Waals surface area contributed by atoms with Crippen LogP contribution in [0.1, 0.15) is 0 Å². The molecule has 2 aliphatic rings. The van der Waals surface area contributed by atoms with Crippen molar-refractivity contribution in [3.05, 3.63) is 47.3 Å². The van der Waals surface area contributed by atoms with Gasteiger partial charge in [0.05, 0.1) is 10.7 Å². The molecule has 0 saturated heterocycles. The Hall–Kier alpha value is -0.950. The van der Waals surface area contributed by atoms with Crippen LogP contribution in [0, 0.1) is 0 Å². The molecule has 0 radical (unpaired) electrons. The summed E-state index contributed by atoms with van der Waals surface area (Å²) in [6, 6.07) is 0. The lowest BCUT2D eigenvalue weighted by atomic mass is 10.2. The van der Waals surface area contributed by atoms with E-state index in [9.17, 15) is 0 Å². The van der Waals surface area contributed by atoms with E-state index in [1.807, 2.05) is 30.5 Å². The Morgan fingerprint density at radius 2 is 2.18 bits per heavy atom. The summed E-state index contributed by atoms with van der Waals surface area (Å²) in [5.74, 6) is 0. The Balaban J connectivity index is 2.43. The fourth-order valence-corrected chi connectivity index (χ4v) is 1.47. The molecule has 0 spiro atoms. The van der Waals surface area contributed by atoms with Gasteiger partial charge in [-0.2, -0.15) is 0 Å². The van der Waals surface area contributed by atoms with Crippen molar-refractivity contribution < 1.29 is 0 Å². The summed E-state index contributed by atoms with van der Waals surface area (Å²) in [5, 5.41) is 0.817. The maximum absolute atomic E-state index is 5.96. The van der Waals surface area contributed by atoms with E-state index >= 15 is 0 Å². The van der Waals surface area contributed by atoms with E-state index in [4.69, 9.17) is 11.6 Å². The lowest BCUT2D eigenvalue weighted by molar-refractivity contribution is 0.521. The maximum atomic E-state index is 5.96. The normalized spacial score (nSPS) is 21.0. The summed E-state index contributed by atoms with van der Waals surface area (Å²) in [5.41, 5.74) is 1.09. The van der Waals surface area contributed by atoms with Crippen LogP contribution < -0.4 is 0 Å². The zero-order valence-electron chi connectivity index (χ0n) is 6.00. The minimum absolute atomic E-state index is 0.817. The molecule has 1 nitrogen and oxygen atoms in total. The van der Waals surface area contributed by atoms with Gasteiger partial charge < -0.3 is 4.90 Å². The highest BCUT2D eigenvalue weighted by Crippen LogP contribution is 2.23. The van der Waals surface area contributed by atoms with Crippen molar-refractivity contribution in [2.45, 2.75) is 0 Å². The topological polar surface area (TPSA) is 3.24 Å². The molecule has 0 fully saturated rings. The number of hydrogen-bond donors (Lipinski definition) is 0. The van der Waals surface area contributed by atoms with E-state index in [0.717, 1.165) is 17.3 Å². The lowest BCUT2D eigenvalue weighted by Gasteiger charge is -2.25. The van der Waals surface area contributed by atoms with E-state index in [-0.39, 0.29) is 0 Å². The molecule has 11 heavy (non-hydrogen) atoms. The van der Waals surface area contributed by atoms with Gasteiger partial charge in [-0.1, -0.05) is 23.8 Å². The van der Waals surface area contributed by atoms with Crippen molar-refractivity contribution in [2.24, 2.45) is 0 Å². The van der Waals surface area contributed by atoms with Crippen molar-refractivity contribution in [1.82, 2.24) is 4.90 Å². The van der Waals surface area contributed by atoms with E-state index in [2.05, 4.69) is 11.0 Å². The van der Waals surface area contributed by atoms with Gasteiger partial charge in [-0.05, 0) is 18.2 Å². The van der Waals surface area contributed by atoms with Gasteiger partial charge in [-0.15, -0.1) is 0 Å². The first-order valence-electron chi connectivity index (χ1n) is 3.56. The lowest BCUT2D eigenvalue weighted by Crippen LogP contribution is -2.20. The van der Waals surface area contributed by atoms with E-state index in [1.54, 1.807) is 0 Å². The molecule has 0 amide bonds. The minimum Gasteiger partial charge on any atom is -0.343 e. The number of rotatable bonds is 0. The van der Waals surface area contributed by atoms with E-state index < -0.39 is 0 Å². The summed E-state index contributed by atoms with van der Waals surface area (Å²) < 4.78 is 0. The summed E-state index contributed by atoms with van der Waals surface area (Å²) in [6.07, 6.45) is 12.0. The Labute approximate surface area is 71.0 Å². The first kappa shape index (κ1) is 6.74. The number of fused-ring (bicyclic) bond motifs is 1. The fourth-order valence-electron chi connectivity index (χ4n) is 1.21. The molecule has 0 aromatic rings. The second-order valence-electron chi connectivity index (χ2n) is 2.49.